The van der Waals surface area contributed by atoms with Crippen molar-refractivity contribution in [2.75, 3.05) is 17.6 Å². The van der Waals surface area contributed by atoms with Crippen molar-refractivity contribution in [3.63, 3.8) is 0 Å². The molecule has 5 nitrogen and oxygen atoms in total. The second-order valence-corrected chi connectivity index (χ2v) is 4.98. The van der Waals surface area contributed by atoms with Gasteiger partial charge in [0, 0.05) is 12.7 Å². The van der Waals surface area contributed by atoms with E-state index >= 15 is 0 Å². The molecule has 18 heavy (non-hydrogen) atoms. The Balaban J connectivity index is 2.05. The molecule has 2 rings (SSSR count). The van der Waals surface area contributed by atoms with E-state index in [1.807, 2.05) is 0 Å². The lowest BCUT2D eigenvalue weighted by Gasteiger charge is -2.17. The van der Waals surface area contributed by atoms with Crippen molar-refractivity contribution in [1.29, 1.82) is 0 Å². The summed E-state index contributed by atoms with van der Waals surface area (Å²) in [5, 5.41) is 12.2. The average molecular weight is 249 g/mol. The molecule has 1 heterocycles. The van der Waals surface area contributed by atoms with Crippen LogP contribution in [0, 0.1) is 11.8 Å². The van der Waals surface area contributed by atoms with Gasteiger partial charge in [-0.25, -0.2) is 9.78 Å². The van der Waals surface area contributed by atoms with Gasteiger partial charge in [-0.05, 0) is 24.3 Å². The molecule has 0 aliphatic heterocycles. The lowest BCUT2D eigenvalue weighted by Crippen LogP contribution is -2.18. The highest BCUT2D eigenvalue weighted by molar-refractivity contribution is 5.96. The van der Waals surface area contributed by atoms with Gasteiger partial charge >= 0.3 is 5.97 Å². The van der Waals surface area contributed by atoms with Gasteiger partial charge in [-0.15, -0.1) is 0 Å². The zero-order valence-electron chi connectivity index (χ0n) is 10.5. The van der Waals surface area contributed by atoms with Crippen molar-refractivity contribution < 1.29 is 9.90 Å². The number of hydrogen-bond donors (Lipinski definition) is 3. The average Bonchev–Trinajstić information content (AvgIpc) is 2.73. The van der Waals surface area contributed by atoms with Crippen LogP contribution in [-0.2, 0) is 0 Å². The summed E-state index contributed by atoms with van der Waals surface area (Å²) in [6.45, 7) is 3.06. The van der Waals surface area contributed by atoms with Gasteiger partial charge in [0.2, 0.25) is 0 Å². The molecule has 1 fully saturated rings. The summed E-state index contributed by atoms with van der Waals surface area (Å²) in [4.78, 5) is 15.1. The number of carbonyl (C=O) groups is 1. The first-order valence-corrected chi connectivity index (χ1v) is 6.31. The minimum atomic E-state index is -1.02. The molecule has 1 aromatic rings. The van der Waals surface area contributed by atoms with Crippen LogP contribution in [0.3, 0.4) is 0 Å². The first-order chi connectivity index (χ1) is 8.59. The minimum absolute atomic E-state index is 0.104. The number of nitrogens with zero attached hydrogens (tertiary/aromatic N) is 1. The number of carboxylic acids is 1. The van der Waals surface area contributed by atoms with Crippen molar-refractivity contribution >= 4 is 17.5 Å². The van der Waals surface area contributed by atoms with Gasteiger partial charge in [0.15, 0.2) is 0 Å². The number of hydrogen-bond acceptors (Lipinski definition) is 4. The second kappa shape index (κ2) is 5.25. The number of aromatic nitrogens is 1. The van der Waals surface area contributed by atoms with Crippen molar-refractivity contribution in [2.24, 2.45) is 11.8 Å². The molecule has 1 aliphatic rings. The number of nitrogen functional groups attached to an aromatic ring is 1. The molecule has 0 aromatic carbocycles. The Morgan fingerprint density at radius 1 is 1.61 bits per heavy atom. The summed E-state index contributed by atoms with van der Waals surface area (Å²) in [7, 11) is 0. The topological polar surface area (TPSA) is 88.2 Å². The summed E-state index contributed by atoms with van der Waals surface area (Å²) < 4.78 is 0. The molecule has 0 amide bonds. The Labute approximate surface area is 106 Å². The maximum Gasteiger partial charge on any atom is 0.337 e. The molecule has 1 aromatic heterocycles. The Morgan fingerprint density at radius 2 is 2.39 bits per heavy atom. The summed E-state index contributed by atoms with van der Waals surface area (Å²) in [6, 6.07) is 1.42. The quantitative estimate of drug-likeness (QED) is 0.761. The monoisotopic (exact) mass is 249 g/mol. The highest BCUT2D eigenvalue weighted by Crippen LogP contribution is 2.31. The molecule has 1 aliphatic carbocycles. The number of anilines is 2. The van der Waals surface area contributed by atoms with Crippen molar-refractivity contribution in [2.45, 2.75) is 26.2 Å². The Kier molecular flexibility index (Phi) is 3.69. The maximum absolute atomic E-state index is 11.0. The number of pyridine rings is 1. The van der Waals surface area contributed by atoms with E-state index in [-0.39, 0.29) is 11.3 Å². The smallest absolute Gasteiger partial charge is 0.337 e. The van der Waals surface area contributed by atoms with Crippen molar-refractivity contribution in [1.82, 2.24) is 4.98 Å². The van der Waals surface area contributed by atoms with Crippen LogP contribution < -0.4 is 11.1 Å². The van der Waals surface area contributed by atoms with E-state index in [0.29, 0.717) is 17.7 Å². The number of carboxylic acid groups (broad SMARTS) is 1. The zero-order chi connectivity index (χ0) is 13.1. The maximum atomic E-state index is 11.0. The van der Waals surface area contributed by atoms with Crippen LogP contribution in [0.25, 0.3) is 0 Å². The lowest BCUT2D eigenvalue weighted by molar-refractivity contribution is 0.0698. The van der Waals surface area contributed by atoms with Gasteiger partial charge in [-0.2, -0.15) is 0 Å². The third-order valence-electron chi connectivity index (χ3n) is 3.79. The Bertz CT molecular complexity index is 448. The second-order valence-electron chi connectivity index (χ2n) is 4.98. The van der Waals surface area contributed by atoms with Gasteiger partial charge in [0.05, 0.1) is 11.3 Å². The third-order valence-corrected chi connectivity index (χ3v) is 3.79. The first-order valence-electron chi connectivity index (χ1n) is 6.31. The van der Waals surface area contributed by atoms with E-state index < -0.39 is 5.97 Å². The van der Waals surface area contributed by atoms with Gasteiger partial charge in [0.25, 0.3) is 0 Å². The molecule has 4 N–H and O–H groups in total. The normalized spacial score (nSPS) is 22.9. The zero-order valence-corrected chi connectivity index (χ0v) is 10.5. The van der Waals surface area contributed by atoms with Crippen molar-refractivity contribution in [3.05, 3.63) is 17.8 Å². The minimum Gasteiger partial charge on any atom is -0.478 e. The number of nitrogens with two attached hydrogens (primary N) is 1. The van der Waals surface area contributed by atoms with E-state index in [2.05, 4.69) is 17.2 Å². The van der Waals surface area contributed by atoms with Crippen LogP contribution in [0.1, 0.15) is 36.5 Å². The lowest BCUT2D eigenvalue weighted by atomic mass is 9.98. The summed E-state index contributed by atoms with van der Waals surface area (Å²) in [5.74, 6) is 0.794. The number of nitrogens with one attached hydrogen (secondary N) is 1. The highest BCUT2D eigenvalue weighted by Gasteiger charge is 2.23. The van der Waals surface area contributed by atoms with Crippen LogP contribution >= 0.6 is 0 Å². The standard InChI is InChI=1S/C13H19N3O2/c1-8-3-2-4-9(8)7-16-12-11(14)10(13(17)18)5-6-15-12/h5-6,8-9H,2-4,7,14H2,1H3,(H,15,16)(H,17,18). The molecule has 98 valence electrons. The van der Waals surface area contributed by atoms with E-state index in [1.54, 1.807) is 0 Å². The van der Waals surface area contributed by atoms with E-state index in [4.69, 9.17) is 10.8 Å². The molecule has 0 saturated heterocycles. The fourth-order valence-corrected chi connectivity index (χ4v) is 2.55. The van der Waals surface area contributed by atoms with Crippen LogP contribution in [0.2, 0.25) is 0 Å². The fraction of sp³-hybridized carbons (Fsp3) is 0.538. The molecule has 0 spiro atoms. The van der Waals surface area contributed by atoms with Gasteiger partial charge < -0.3 is 16.2 Å². The van der Waals surface area contributed by atoms with Crippen LogP contribution in [0.5, 0.6) is 0 Å². The number of aromatic carboxylic acids is 1. The molecule has 0 bridgehead atoms. The van der Waals surface area contributed by atoms with E-state index in [1.165, 1.54) is 31.5 Å². The van der Waals surface area contributed by atoms with Crippen LogP contribution in [0.15, 0.2) is 12.3 Å². The molecule has 2 atom stereocenters. The Hall–Kier alpha value is -1.78. The number of rotatable bonds is 4. The van der Waals surface area contributed by atoms with E-state index in [9.17, 15) is 4.79 Å². The predicted octanol–water partition coefficient (Wildman–Crippen LogP) is 2.21. The molecular weight excluding hydrogens is 230 g/mol. The Morgan fingerprint density at radius 3 is 3.00 bits per heavy atom. The van der Waals surface area contributed by atoms with Crippen molar-refractivity contribution in [3.8, 4) is 0 Å². The SMILES string of the molecule is CC1CCCC1CNc1nccc(C(=O)O)c1N. The molecule has 2 unspecified atom stereocenters. The van der Waals surface area contributed by atoms with Crippen LogP contribution in [0.4, 0.5) is 11.5 Å². The molecule has 1 saturated carbocycles. The summed E-state index contributed by atoms with van der Waals surface area (Å²) >= 11 is 0. The summed E-state index contributed by atoms with van der Waals surface area (Å²) in [6.07, 6.45) is 5.23. The molecular formula is C13H19N3O2. The highest BCUT2D eigenvalue weighted by atomic mass is 16.4. The third kappa shape index (κ3) is 2.55. The fourth-order valence-electron chi connectivity index (χ4n) is 2.55. The van der Waals surface area contributed by atoms with Gasteiger partial charge in [0.1, 0.15) is 5.82 Å². The van der Waals surface area contributed by atoms with E-state index in [0.717, 1.165) is 6.54 Å². The van der Waals surface area contributed by atoms with Gasteiger partial charge in [-0.1, -0.05) is 19.8 Å². The van der Waals surface area contributed by atoms with Gasteiger partial charge in [-0.3, -0.25) is 0 Å². The first kappa shape index (κ1) is 12.7. The predicted molar refractivity (Wildman–Crippen MR) is 70.6 cm³/mol. The largest absolute Gasteiger partial charge is 0.478 e. The van der Waals surface area contributed by atoms with Crippen LogP contribution in [-0.4, -0.2) is 22.6 Å². The summed E-state index contributed by atoms with van der Waals surface area (Å²) in [5.41, 5.74) is 6.12. The molecule has 0 radical (unpaired) electrons. The molecule has 5 heteroatoms.